The van der Waals surface area contributed by atoms with Crippen LogP contribution in [-0.2, 0) is 0 Å². The molecule has 5 aromatic carbocycles. The summed E-state index contributed by atoms with van der Waals surface area (Å²) < 4.78 is 13.1. The zero-order valence-electron chi connectivity index (χ0n) is 20.4. The Morgan fingerprint density at radius 1 is 0.462 bits per heavy atom. The molecule has 0 bridgehead atoms. The maximum atomic E-state index is 6.08. The van der Waals surface area contributed by atoms with Crippen LogP contribution >= 0.6 is 15.9 Å². The number of rotatable bonds is 3. The number of para-hydroxylation sites is 2. The first-order valence-electron chi connectivity index (χ1n) is 12.6. The Labute approximate surface area is 230 Å². The monoisotopic (exact) mass is 567 g/mol. The molecule has 0 atom stereocenters. The summed E-state index contributed by atoms with van der Waals surface area (Å²) >= 11 is 3.56. The third-order valence-corrected chi connectivity index (χ3v) is 7.56. The Kier molecular flexibility index (Phi) is 4.90. The molecule has 0 spiro atoms. The molecule has 8 aromatic rings. The largest absolute Gasteiger partial charge is 0.456 e. The number of hydrogen-bond donors (Lipinski definition) is 0. The number of aromatic nitrogens is 3. The van der Waals surface area contributed by atoms with Crippen LogP contribution in [0.15, 0.2) is 123 Å². The summed E-state index contributed by atoms with van der Waals surface area (Å²) in [5.74, 6) is 0.557. The Hall–Kier alpha value is -4.81. The molecular formula is C33H18BrN3O2. The number of fused-ring (bicyclic) bond motifs is 6. The highest BCUT2D eigenvalue weighted by atomic mass is 79.9. The highest BCUT2D eigenvalue weighted by molar-refractivity contribution is 9.10. The van der Waals surface area contributed by atoms with Gasteiger partial charge in [-0.2, -0.15) is 0 Å². The lowest BCUT2D eigenvalue weighted by molar-refractivity contribution is 0.668. The van der Waals surface area contributed by atoms with Crippen molar-refractivity contribution in [2.24, 2.45) is 0 Å². The summed E-state index contributed by atoms with van der Waals surface area (Å²) in [6.45, 7) is 0. The van der Waals surface area contributed by atoms with Gasteiger partial charge in [0.05, 0.1) is 0 Å². The standard InChI is InChI=1S/C33H18BrN3O2/c34-22-7-5-6-21(16-22)33-35-31(19-12-14-29-25(17-19)23-8-1-3-10-27(23)38-29)32(36-37-33)20-13-15-30-26(18-20)24-9-2-4-11-28(24)39-30/h1-18H. The van der Waals surface area contributed by atoms with Gasteiger partial charge in [0.2, 0.25) is 0 Å². The van der Waals surface area contributed by atoms with E-state index in [1.165, 1.54) is 0 Å². The van der Waals surface area contributed by atoms with Gasteiger partial charge in [-0.1, -0.05) is 64.5 Å². The summed E-state index contributed by atoms with van der Waals surface area (Å²) in [7, 11) is 0. The average molecular weight is 568 g/mol. The highest BCUT2D eigenvalue weighted by Gasteiger charge is 2.18. The van der Waals surface area contributed by atoms with Crippen molar-refractivity contribution in [1.29, 1.82) is 0 Å². The molecule has 0 aliphatic carbocycles. The smallest absolute Gasteiger partial charge is 0.182 e. The van der Waals surface area contributed by atoms with Crippen molar-refractivity contribution in [1.82, 2.24) is 15.2 Å². The maximum Gasteiger partial charge on any atom is 0.182 e. The summed E-state index contributed by atoms with van der Waals surface area (Å²) in [5, 5.41) is 13.5. The topological polar surface area (TPSA) is 65.0 Å². The van der Waals surface area contributed by atoms with Crippen molar-refractivity contribution in [3.8, 4) is 33.9 Å². The molecule has 3 heterocycles. The van der Waals surface area contributed by atoms with E-state index in [4.69, 9.17) is 18.9 Å². The third kappa shape index (κ3) is 3.64. The Morgan fingerprint density at radius 3 is 1.69 bits per heavy atom. The minimum Gasteiger partial charge on any atom is -0.456 e. The lowest BCUT2D eigenvalue weighted by Gasteiger charge is -2.10. The van der Waals surface area contributed by atoms with Crippen LogP contribution in [-0.4, -0.2) is 15.2 Å². The fraction of sp³-hybridized carbons (Fsp3) is 0. The van der Waals surface area contributed by atoms with E-state index >= 15 is 0 Å². The Balaban J connectivity index is 1.38. The molecule has 0 saturated carbocycles. The van der Waals surface area contributed by atoms with Gasteiger partial charge in [0.15, 0.2) is 5.82 Å². The van der Waals surface area contributed by atoms with Crippen LogP contribution in [0.5, 0.6) is 0 Å². The van der Waals surface area contributed by atoms with Gasteiger partial charge in [-0.05, 0) is 60.7 Å². The molecular weight excluding hydrogens is 550 g/mol. The van der Waals surface area contributed by atoms with Crippen molar-refractivity contribution < 1.29 is 8.83 Å². The second-order valence-electron chi connectivity index (χ2n) is 9.46. The van der Waals surface area contributed by atoms with E-state index in [1.807, 2.05) is 84.9 Å². The quantitative estimate of drug-likeness (QED) is 0.212. The van der Waals surface area contributed by atoms with E-state index in [9.17, 15) is 0 Å². The maximum absolute atomic E-state index is 6.08. The van der Waals surface area contributed by atoms with Crippen LogP contribution in [0.4, 0.5) is 0 Å². The minimum atomic E-state index is 0.557. The van der Waals surface area contributed by atoms with Crippen molar-refractivity contribution in [2.75, 3.05) is 0 Å². The van der Waals surface area contributed by atoms with Gasteiger partial charge < -0.3 is 8.83 Å². The van der Waals surface area contributed by atoms with E-state index in [2.05, 4.69) is 45.3 Å². The fourth-order valence-electron chi connectivity index (χ4n) is 5.22. The lowest BCUT2D eigenvalue weighted by atomic mass is 10.0. The Bertz CT molecular complexity index is 2210. The zero-order chi connectivity index (χ0) is 25.9. The third-order valence-electron chi connectivity index (χ3n) is 7.07. The van der Waals surface area contributed by atoms with Crippen molar-refractivity contribution in [2.45, 2.75) is 0 Å². The predicted octanol–water partition coefficient (Wildman–Crippen LogP) is 9.43. The first kappa shape index (κ1) is 22.2. The first-order chi connectivity index (χ1) is 19.2. The van der Waals surface area contributed by atoms with Crippen LogP contribution in [0.1, 0.15) is 0 Å². The minimum absolute atomic E-state index is 0.557. The zero-order valence-corrected chi connectivity index (χ0v) is 22.0. The molecule has 0 saturated heterocycles. The molecule has 39 heavy (non-hydrogen) atoms. The molecule has 6 heteroatoms. The van der Waals surface area contributed by atoms with Gasteiger partial charge in [-0.3, -0.25) is 0 Å². The van der Waals surface area contributed by atoms with Gasteiger partial charge in [0, 0.05) is 42.7 Å². The van der Waals surface area contributed by atoms with Gasteiger partial charge in [-0.15, -0.1) is 10.2 Å². The van der Waals surface area contributed by atoms with E-state index in [-0.39, 0.29) is 0 Å². The molecule has 3 aromatic heterocycles. The number of halogens is 1. The van der Waals surface area contributed by atoms with Gasteiger partial charge in [-0.25, -0.2) is 4.98 Å². The normalized spacial score (nSPS) is 11.7. The summed E-state index contributed by atoms with van der Waals surface area (Å²) in [4.78, 5) is 5.08. The molecule has 0 N–H and O–H groups in total. The second-order valence-corrected chi connectivity index (χ2v) is 10.4. The Morgan fingerprint density at radius 2 is 1.05 bits per heavy atom. The molecule has 0 fully saturated rings. The second kappa shape index (κ2) is 8.61. The number of furan rings is 2. The predicted molar refractivity (Wildman–Crippen MR) is 158 cm³/mol. The molecule has 0 aliphatic heterocycles. The van der Waals surface area contributed by atoms with E-state index < -0.39 is 0 Å². The molecule has 0 amide bonds. The van der Waals surface area contributed by atoms with E-state index in [0.29, 0.717) is 11.5 Å². The SMILES string of the molecule is Brc1cccc(-c2nnc(-c3ccc4oc5ccccc5c4c3)c(-c3ccc4oc5ccccc5c4c3)n2)c1. The summed E-state index contributed by atoms with van der Waals surface area (Å²) in [5.41, 5.74) is 7.58. The number of hydrogen-bond acceptors (Lipinski definition) is 5. The fourth-order valence-corrected chi connectivity index (χ4v) is 5.62. The molecule has 0 radical (unpaired) electrons. The first-order valence-corrected chi connectivity index (χ1v) is 13.3. The van der Waals surface area contributed by atoms with Crippen molar-refractivity contribution in [3.05, 3.63) is 114 Å². The van der Waals surface area contributed by atoms with Crippen LogP contribution in [0.25, 0.3) is 77.8 Å². The van der Waals surface area contributed by atoms with E-state index in [1.54, 1.807) is 0 Å². The summed E-state index contributed by atoms with van der Waals surface area (Å²) in [6, 6.07) is 36.4. The van der Waals surface area contributed by atoms with Crippen LogP contribution < -0.4 is 0 Å². The summed E-state index contributed by atoms with van der Waals surface area (Å²) in [6.07, 6.45) is 0. The van der Waals surface area contributed by atoms with Crippen molar-refractivity contribution in [3.63, 3.8) is 0 Å². The van der Waals surface area contributed by atoms with Crippen LogP contribution in [0.3, 0.4) is 0 Å². The molecule has 184 valence electrons. The van der Waals surface area contributed by atoms with Gasteiger partial charge >= 0.3 is 0 Å². The molecule has 5 nitrogen and oxygen atoms in total. The number of nitrogens with zero attached hydrogens (tertiary/aromatic N) is 3. The van der Waals surface area contributed by atoms with Crippen molar-refractivity contribution >= 4 is 59.8 Å². The molecule has 0 aliphatic rings. The average Bonchev–Trinajstić information content (AvgIpc) is 3.54. The van der Waals surface area contributed by atoms with E-state index in [0.717, 1.165) is 70.7 Å². The van der Waals surface area contributed by atoms with Gasteiger partial charge in [0.1, 0.15) is 33.7 Å². The molecule has 8 rings (SSSR count). The van der Waals surface area contributed by atoms with Gasteiger partial charge in [0.25, 0.3) is 0 Å². The molecule has 0 unspecified atom stereocenters. The lowest BCUT2D eigenvalue weighted by Crippen LogP contribution is -2.00. The number of benzene rings is 5. The van der Waals surface area contributed by atoms with Crippen LogP contribution in [0, 0.1) is 0 Å². The van der Waals surface area contributed by atoms with Crippen LogP contribution in [0.2, 0.25) is 0 Å². The highest BCUT2D eigenvalue weighted by Crippen LogP contribution is 2.38.